The van der Waals surface area contributed by atoms with Crippen LogP contribution in [0.15, 0.2) is 0 Å². The Morgan fingerprint density at radius 3 is 2.88 bits per heavy atom. The first-order chi connectivity index (χ1) is 7.84. The quantitative estimate of drug-likeness (QED) is 0.702. The van der Waals surface area contributed by atoms with Crippen LogP contribution in [-0.2, 0) is 4.74 Å². The van der Waals surface area contributed by atoms with Crippen molar-refractivity contribution in [1.82, 2.24) is 5.32 Å². The highest BCUT2D eigenvalue weighted by Crippen LogP contribution is 2.23. The zero-order valence-electron chi connectivity index (χ0n) is 10.2. The molecule has 0 aromatic heterocycles. The van der Waals surface area contributed by atoms with Crippen molar-refractivity contribution >= 4 is 0 Å². The molecule has 16 heavy (non-hydrogen) atoms. The van der Waals surface area contributed by atoms with Crippen molar-refractivity contribution < 1.29 is 9.84 Å². The molecule has 2 N–H and O–H groups in total. The standard InChI is InChI=1S/C13H25NO2/c15-12-4-1-3-11(9-12)10-14-7-6-13-5-2-8-16-13/h11-15H,1-10H2. The molecule has 3 nitrogen and oxygen atoms in total. The summed E-state index contributed by atoms with van der Waals surface area (Å²) in [7, 11) is 0. The highest BCUT2D eigenvalue weighted by Gasteiger charge is 2.20. The van der Waals surface area contributed by atoms with E-state index in [1.54, 1.807) is 0 Å². The van der Waals surface area contributed by atoms with Gasteiger partial charge in [-0.15, -0.1) is 0 Å². The molecule has 3 heteroatoms. The molecule has 0 aromatic rings. The molecule has 94 valence electrons. The summed E-state index contributed by atoms with van der Waals surface area (Å²) in [6.45, 7) is 3.10. The first kappa shape index (κ1) is 12.3. The Morgan fingerprint density at radius 2 is 2.12 bits per heavy atom. The van der Waals surface area contributed by atoms with Crippen LogP contribution in [0.2, 0.25) is 0 Å². The highest BCUT2D eigenvalue weighted by molar-refractivity contribution is 4.74. The molecule has 1 aliphatic heterocycles. The van der Waals surface area contributed by atoms with Crippen LogP contribution < -0.4 is 5.32 Å². The molecule has 1 saturated carbocycles. The molecule has 2 rings (SSSR count). The minimum atomic E-state index is -0.0429. The lowest BCUT2D eigenvalue weighted by atomic mass is 9.87. The van der Waals surface area contributed by atoms with Crippen molar-refractivity contribution in [2.75, 3.05) is 19.7 Å². The van der Waals surface area contributed by atoms with Gasteiger partial charge in [0, 0.05) is 6.61 Å². The number of hydrogen-bond donors (Lipinski definition) is 2. The van der Waals surface area contributed by atoms with Gasteiger partial charge in [0.2, 0.25) is 0 Å². The predicted octanol–water partition coefficient (Wildman–Crippen LogP) is 1.70. The molecule has 0 spiro atoms. The fraction of sp³-hybridized carbons (Fsp3) is 1.00. The molecule has 2 fully saturated rings. The van der Waals surface area contributed by atoms with E-state index in [9.17, 15) is 5.11 Å². The monoisotopic (exact) mass is 227 g/mol. The van der Waals surface area contributed by atoms with E-state index in [1.807, 2.05) is 0 Å². The van der Waals surface area contributed by atoms with E-state index in [4.69, 9.17) is 4.74 Å². The van der Waals surface area contributed by atoms with E-state index >= 15 is 0 Å². The van der Waals surface area contributed by atoms with Crippen LogP contribution in [0.3, 0.4) is 0 Å². The summed E-state index contributed by atoms with van der Waals surface area (Å²) in [4.78, 5) is 0. The molecule has 1 heterocycles. The third kappa shape index (κ3) is 4.04. The van der Waals surface area contributed by atoms with Gasteiger partial charge in [-0.2, -0.15) is 0 Å². The average Bonchev–Trinajstić information content (AvgIpc) is 2.77. The zero-order chi connectivity index (χ0) is 11.2. The predicted molar refractivity (Wildman–Crippen MR) is 64.4 cm³/mol. The van der Waals surface area contributed by atoms with E-state index in [1.165, 1.54) is 25.7 Å². The largest absolute Gasteiger partial charge is 0.393 e. The van der Waals surface area contributed by atoms with E-state index in [0.29, 0.717) is 12.0 Å². The highest BCUT2D eigenvalue weighted by atomic mass is 16.5. The fourth-order valence-electron chi connectivity index (χ4n) is 2.89. The van der Waals surface area contributed by atoms with Gasteiger partial charge in [-0.25, -0.2) is 0 Å². The van der Waals surface area contributed by atoms with Gasteiger partial charge in [-0.05, 0) is 57.5 Å². The minimum absolute atomic E-state index is 0.0429. The van der Waals surface area contributed by atoms with Crippen LogP contribution in [0.1, 0.15) is 44.9 Å². The molecule has 1 aliphatic carbocycles. The van der Waals surface area contributed by atoms with Crippen molar-refractivity contribution in [3.63, 3.8) is 0 Å². The normalized spacial score (nSPS) is 35.4. The smallest absolute Gasteiger partial charge is 0.0588 e. The number of hydrogen-bond acceptors (Lipinski definition) is 3. The summed E-state index contributed by atoms with van der Waals surface area (Å²) >= 11 is 0. The molecule has 1 saturated heterocycles. The summed E-state index contributed by atoms with van der Waals surface area (Å²) in [5.74, 6) is 0.688. The summed E-state index contributed by atoms with van der Waals surface area (Å²) in [5, 5.41) is 13.1. The van der Waals surface area contributed by atoms with E-state index < -0.39 is 0 Å². The molecule has 0 radical (unpaired) electrons. The number of ether oxygens (including phenoxy) is 1. The maximum atomic E-state index is 9.56. The van der Waals surface area contributed by atoms with Crippen molar-refractivity contribution in [3.8, 4) is 0 Å². The third-order valence-corrected chi connectivity index (χ3v) is 3.86. The van der Waals surface area contributed by atoms with Crippen LogP contribution >= 0.6 is 0 Å². The fourth-order valence-corrected chi connectivity index (χ4v) is 2.89. The topological polar surface area (TPSA) is 41.5 Å². The second kappa shape index (κ2) is 6.58. The van der Waals surface area contributed by atoms with Crippen molar-refractivity contribution in [2.24, 2.45) is 5.92 Å². The molecule has 2 aliphatic rings. The molecular formula is C13H25NO2. The first-order valence-electron chi connectivity index (χ1n) is 6.85. The lowest BCUT2D eigenvalue weighted by molar-refractivity contribution is 0.0952. The van der Waals surface area contributed by atoms with Crippen LogP contribution in [-0.4, -0.2) is 37.0 Å². The van der Waals surface area contributed by atoms with Gasteiger partial charge in [-0.3, -0.25) is 0 Å². The number of nitrogens with one attached hydrogen (secondary N) is 1. The first-order valence-corrected chi connectivity index (χ1v) is 6.85. The lowest BCUT2D eigenvalue weighted by Gasteiger charge is -2.26. The SMILES string of the molecule is OC1CCCC(CNCCC2CCCO2)C1. The maximum Gasteiger partial charge on any atom is 0.0588 e. The second-order valence-electron chi connectivity index (χ2n) is 5.31. The Bertz CT molecular complexity index is 192. The van der Waals surface area contributed by atoms with Gasteiger partial charge in [0.25, 0.3) is 0 Å². The van der Waals surface area contributed by atoms with Crippen molar-refractivity contribution in [1.29, 1.82) is 0 Å². The van der Waals surface area contributed by atoms with Crippen LogP contribution in [0.4, 0.5) is 0 Å². The second-order valence-corrected chi connectivity index (χ2v) is 5.31. The third-order valence-electron chi connectivity index (χ3n) is 3.86. The molecule has 3 atom stereocenters. The van der Waals surface area contributed by atoms with Gasteiger partial charge in [0.05, 0.1) is 12.2 Å². The summed E-state index contributed by atoms with van der Waals surface area (Å²) in [6.07, 6.45) is 8.56. The summed E-state index contributed by atoms with van der Waals surface area (Å²) < 4.78 is 5.58. The zero-order valence-corrected chi connectivity index (χ0v) is 10.2. The Hall–Kier alpha value is -0.120. The van der Waals surface area contributed by atoms with Gasteiger partial charge in [0.15, 0.2) is 0 Å². The Kier molecular flexibility index (Phi) is 5.07. The van der Waals surface area contributed by atoms with Gasteiger partial charge < -0.3 is 15.2 Å². The minimum Gasteiger partial charge on any atom is -0.393 e. The Morgan fingerprint density at radius 1 is 1.19 bits per heavy atom. The molecule has 3 unspecified atom stereocenters. The summed E-state index contributed by atoms with van der Waals surface area (Å²) in [5.41, 5.74) is 0. The average molecular weight is 227 g/mol. The molecular weight excluding hydrogens is 202 g/mol. The van der Waals surface area contributed by atoms with Crippen LogP contribution in [0.25, 0.3) is 0 Å². The van der Waals surface area contributed by atoms with Gasteiger partial charge in [0.1, 0.15) is 0 Å². The van der Waals surface area contributed by atoms with Gasteiger partial charge >= 0.3 is 0 Å². The maximum absolute atomic E-state index is 9.56. The lowest BCUT2D eigenvalue weighted by Crippen LogP contribution is -2.30. The van der Waals surface area contributed by atoms with Crippen molar-refractivity contribution in [2.45, 2.75) is 57.2 Å². The molecule has 0 bridgehead atoms. The van der Waals surface area contributed by atoms with Gasteiger partial charge in [-0.1, -0.05) is 6.42 Å². The van der Waals surface area contributed by atoms with Crippen LogP contribution in [0, 0.1) is 5.92 Å². The number of aliphatic hydroxyl groups is 1. The van der Waals surface area contributed by atoms with Crippen LogP contribution in [0.5, 0.6) is 0 Å². The molecule has 0 aromatic carbocycles. The number of aliphatic hydroxyl groups excluding tert-OH is 1. The van der Waals surface area contributed by atoms with Crippen molar-refractivity contribution in [3.05, 3.63) is 0 Å². The van der Waals surface area contributed by atoms with E-state index in [-0.39, 0.29) is 6.10 Å². The van der Waals surface area contributed by atoms with E-state index in [0.717, 1.165) is 39.0 Å². The Balaban J connectivity index is 1.50. The summed E-state index contributed by atoms with van der Waals surface area (Å²) in [6, 6.07) is 0. The number of rotatable bonds is 5. The Labute approximate surface area is 98.6 Å². The molecule has 0 amide bonds. The van der Waals surface area contributed by atoms with E-state index in [2.05, 4.69) is 5.32 Å².